The number of imidazole rings is 1. The normalized spacial score (nSPS) is 15.3. The number of carbonyl (C=O) groups excluding carboxylic acids is 2. The van der Waals surface area contributed by atoms with Crippen molar-refractivity contribution < 1.29 is 19.1 Å². The standard InChI is InChI=1S/C22H22N4O4/c1-29-17-8-6-14(7-9-17)20-19-18(23-13-24-19)10-11-26(20)22(28)25-16-5-3-4-15(12-16)21(27)30-2/h3-9,12-13,20H,10-11H2,1-2H3,(H,23,24)(H,25,28)/t20-/m1/s1. The van der Waals surface area contributed by atoms with Gasteiger partial charge in [-0.05, 0) is 35.9 Å². The fraction of sp³-hybridized carbons (Fsp3) is 0.227. The van der Waals surface area contributed by atoms with E-state index >= 15 is 0 Å². The van der Waals surface area contributed by atoms with Crippen LogP contribution >= 0.6 is 0 Å². The lowest BCUT2D eigenvalue weighted by molar-refractivity contribution is 0.0600. The van der Waals surface area contributed by atoms with Gasteiger partial charge in [0.2, 0.25) is 0 Å². The summed E-state index contributed by atoms with van der Waals surface area (Å²) < 4.78 is 10.0. The molecule has 0 radical (unpaired) electrons. The molecule has 1 aromatic heterocycles. The Morgan fingerprint density at radius 3 is 2.70 bits per heavy atom. The van der Waals surface area contributed by atoms with Gasteiger partial charge in [0, 0.05) is 24.3 Å². The van der Waals surface area contributed by atoms with E-state index in [0.717, 1.165) is 22.7 Å². The Morgan fingerprint density at radius 2 is 1.97 bits per heavy atom. The fourth-order valence-corrected chi connectivity index (χ4v) is 3.66. The summed E-state index contributed by atoms with van der Waals surface area (Å²) >= 11 is 0. The number of hydrogen-bond donors (Lipinski definition) is 2. The number of esters is 1. The molecule has 1 atom stereocenters. The third-order valence-electron chi connectivity index (χ3n) is 5.15. The Bertz CT molecular complexity index is 1060. The van der Waals surface area contributed by atoms with Crippen molar-refractivity contribution in [2.24, 2.45) is 0 Å². The molecule has 0 saturated heterocycles. The third kappa shape index (κ3) is 3.71. The topological polar surface area (TPSA) is 96.6 Å². The minimum atomic E-state index is -0.457. The number of amides is 2. The molecule has 2 aromatic carbocycles. The minimum absolute atomic E-state index is 0.272. The number of carbonyl (C=O) groups is 2. The Balaban J connectivity index is 1.63. The first-order chi connectivity index (χ1) is 14.6. The first-order valence-electron chi connectivity index (χ1n) is 9.53. The Labute approximate surface area is 173 Å². The number of ether oxygens (including phenoxy) is 2. The summed E-state index contributed by atoms with van der Waals surface area (Å²) in [6.45, 7) is 0.522. The molecule has 2 heterocycles. The number of methoxy groups -OCH3 is 2. The van der Waals surface area contributed by atoms with Crippen LogP contribution in [-0.2, 0) is 11.2 Å². The van der Waals surface area contributed by atoms with E-state index in [9.17, 15) is 9.59 Å². The summed E-state index contributed by atoms with van der Waals surface area (Å²) in [5, 5.41) is 2.89. The molecule has 1 aliphatic heterocycles. The lowest BCUT2D eigenvalue weighted by Gasteiger charge is -2.35. The van der Waals surface area contributed by atoms with Crippen LogP contribution in [0.5, 0.6) is 5.75 Å². The molecule has 154 valence electrons. The van der Waals surface area contributed by atoms with Gasteiger partial charge in [-0.2, -0.15) is 0 Å². The molecule has 2 N–H and O–H groups in total. The zero-order chi connectivity index (χ0) is 21.1. The van der Waals surface area contributed by atoms with Crippen LogP contribution in [0.15, 0.2) is 54.9 Å². The fourth-order valence-electron chi connectivity index (χ4n) is 3.66. The number of H-pyrrole nitrogens is 1. The van der Waals surface area contributed by atoms with Gasteiger partial charge in [-0.1, -0.05) is 18.2 Å². The van der Waals surface area contributed by atoms with Crippen LogP contribution in [0.1, 0.15) is 33.4 Å². The van der Waals surface area contributed by atoms with Crippen LogP contribution in [0.3, 0.4) is 0 Å². The summed E-state index contributed by atoms with van der Waals surface area (Å²) in [6.07, 6.45) is 2.33. The first-order valence-corrected chi connectivity index (χ1v) is 9.53. The van der Waals surface area contributed by atoms with Gasteiger partial charge in [0.05, 0.1) is 31.8 Å². The van der Waals surface area contributed by atoms with E-state index in [-0.39, 0.29) is 12.1 Å². The monoisotopic (exact) mass is 406 g/mol. The second-order valence-electron chi connectivity index (χ2n) is 6.89. The maximum atomic E-state index is 13.2. The number of anilines is 1. The van der Waals surface area contributed by atoms with Gasteiger partial charge >= 0.3 is 12.0 Å². The predicted molar refractivity (Wildman–Crippen MR) is 111 cm³/mol. The molecule has 1 aliphatic rings. The summed E-state index contributed by atoms with van der Waals surface area (Å²) in [5.41, 5.74) is 3.67. The zero-order valence-electron chi connectivity index (χ0n) is 16.7. The number of rotatable bonds is 4. The molecule has 8 nitrogen and oxygen atoms in total. The smallest absolute Gasteiger partial charge is 0.337 e. The van der Waals surface area contributed by atoms with Gasteiger partial charge in [-0.15, -0.1) is 0 Å². The second-order valence-corrected chi connectivity index (χ2v) is 6.89. The third-order valence-corrected chi connectivity index (χ3v) is 5.15. The number of aromatic nitrogens is 2. The van der Waals surface area contributed by atoms with Crippen molar-refractivity contribution in [3.8, 4) is 5.75 Å². The van der Waals surface area contributed by atoms with Gasteiger partial charge in [0.25, 0.3) is 0 Å². The predicted octanol–water partition coefficient (Wildman–Crippen LogP) is 3.38. The van der Waals surface area contributed by atoms with Crippen molar-refractivity contribution >= 4 is 17.7 Å². The van der Waals surface area contributed by atoms with Crippen LogP contribution in [0.4, 0.5) is 10.5 Å². The molecule has 0 fully saturated rings. The van der Waals surface area contributed by atoms with E-state index in [1.807, 2.05) is 24.3 Å². The number of hydrogen-bond acceptors (Lipinski definition) is 5. The molecule has 0 aliphatic carbocycles. The van der Waals surface area contributed by atoms with Gasteiger partial charge in [0.15, 0.2) is 0 Å². The molecule has 2 amide bonds. The molecular weight excluding hydrogens is 384 g/mol. The van der Waals surface area contributed by atoms with E-state index in [1.165, 1.54) is 7.11 Å². The van der Waals surface area contributed by atoms with E-state index < -0.39 is 5.97 Å². The highest BCUT2D eigenvalue weighted by Crippen LogP contribution is 2.34. The van der Waals surface area contributed by atoms with Crippen molar-refractivity contribution in [3.05, 3.63) is 77.4 Å². The van der Waals surface area contributed by atoms with Crippen LogP contribution in [0, 0.1) is 0 Å². The minimum Gasteiger partial charge on any atom is -0.497 e. The number of urea groups is 1. The quantitative estimate of drug-likeness (QED) is 0.648. The van der Waals surface area contributed by atoms with Crippen LogP contribution in [0.2, 0.25) is 0 Å². The van der Waals surface area contributed by atoms with Crippen molar-refractivity contribution in [2.75, 3.05) is 26.1 Å². The highest BCUT2D eigenvalue weighted by molar-refractivity contribution is 5.94. The van der Waals surface area contributed by atoms with E-state index in [2.05, 4.69) is 15.3 Å². The molecule has 0 saturated carbocycles. The van der Waals surface area contributed by atoms with Gasteiger partial charge in [-0.3, -0.25) is 0 Å². The molecule has 0 bridgehead atoms. The first kappa shape index (κ1) is 19.5. The highest BCUT2D eigenvalue weighted by atomic mass is 16.5. The average molecular weight is 406 g/mol. The van der Waals surface area contributed by atoms with Crippen LogP contribution in [0.25, 0.3) is 0 Å². The summed E-state index contributed by atoms with van der Waals surface area (Å²) in [4.78, 5) is 34.4. The van der Waals surface area contributed by atoms with E-state index in [4.69, 9.17) is 9.47 Å². The zero-order valence-corrected chi connectivity index (χ0v) is 16.7. The lowest BCUT2D eigenvalue weighted by atomic mass is 9.96. The molecule has 4 rings (SSSR count). The number of benzene rings is 2. The number of nitrogens with one attached hydrogen (secondary N) is 2. The number of fused-ring (bicyclic) bond motifs is 1. The molecule has 30 heavy (non-hydrogen) atoms. The Kier molecular flexibility index (Phi) is 5.38. The van der Waals surface area contributed by atoms with Crippen molar-refractivity contribution in [2.45, 2.75) is 12.5 Å². The Hall–Kier alpha value is -3.81. The number of aromatic amines is 1. The summed E-state index contributed by atoms with van der Waals surface area (Å²) in [7, 11) is 2.94. The van der Waals surface area contributed by atoms with E-state index in [0.29, 0.717) is 24.2 Å². The maximum Gasteiger partial charge on any atom is 0.337 e. The van der Waals surface area contributed by atoms with Crippen molar-refractivity contribution in [1.82, 2.24) is 14.9 Å². The SMILES string of the molecule is COC(=O)c1cccc(NC(=O)N2CCc3[nH]cnc3[C@H]2c2ccc(OC)cc2)c1. The lowest BCUT2D eigenvalue weighted by Crippen LogP contribution is -2.43. The van der Waals surface area contributed by atoms with Crippen molar-refractivity contribution in [3.63, 3.8) is 0 Å². The molecule has 3 aromatic rings. The second kappa shape index (κ2) is 8.28. The Morgan fingerprint density at radius 1 is 1.17 bits per heavy atom. The van der Waals surface area contributed by atoms with Crippen LogP contribution < -0.4 is 10.1 Å². The average Bonchev–Trinajstić information content (AvgIpc) is 3.27. The largest absolute Gasteiger partial charge is 0.497 e. The molecule has 8 heteroatoms. The van der Waals surface area contributed by atoms with Crippen LogP contribution in [-0.4, -0.2) is 47.6 Å². The van der Waals surface area contributed by atoms with Gasteiger partial charge in [0.1, 0.15) is 11.8 Å². The maximum absolute atomic E-state index is 13.2. The summed E-state index contributed by atoms with van der Waals surface area (Å²) in [6, 6.07) is 13.7. The van der Waals surface area contributed by atoms with Gasteiger partial charge in [-0.25, -0.2) is 14.6 Å². The van der Waals surface area contributed by atoms with E-state index in [1.54, 1.807) is 42.6 Å². The van der Waals surface area contributed by atoms with Gasteiger partial charge < -0.3 is 24.7 Å². The highest BCUT2D eigenvalue weighted by Gasteiger charge is 2.34. The van der Waals surface area contributed by atoms with Crippen molar-refractivity contribution in [1.29, 1.82) is 0 Å². The molecule has 0 spiro atoms. The molecule has 0 unspecified atom stereocenters. The molecular formula is C22H22N4O4. The number of nitrogens with zero attached hydrogens (tertiary/aromatic N) is 2. The summed E-state index contributed by atoms with van der Waals surface area (Å²) in [5.74, 6) is 0.286.